The van der Waals surface area contributed by atoms with Gasteiger partial charge < -0.3 is 24.4 Å². The Hall–Kier alpha value is -4.79. The molecule has 3 fully saturated rings. The number of rotatable bonds is 14. The number of amides is 2. The number of nitrogens with one attached hydrogen (secondary N) is 1. The lowest BCUT2D eigenvalue weighted by atomic mass is 9.86. The lowest BCUT2D eigenvalue weighted by molar-refractivity contribution is -0.0179. The Labute approximate surface area is 303 Å². The van der Waals surface area contributed by atoms with Gasteiger partial charge in [-0.25, -0.2) is 19.0 Å². The molecule has 2 amide bonds. The van der Waals surface area contributed by atoms with Gasteiger partial charge in [0.05, 0.1) is 38.6 Å². The summed E-state index contributed by atoms with van der Waals surface area (Å²) in [5.74, 6) is -0.636. The molecule has 12 nitrogen and oxygen atoms in total. The topological polar surface area (TPSA) is 109 Å². The first-order valence-electron chi connectivity index (χ1n) is 17.7. The van der Waals surface area contributed by atoms with E-state index in [1.807, 2.05) is 31.2 Å². The molecular formula is C38H48F2N8O4. The van der Waals surface area contributed by atoms with Gasteiger partial charge in [-0.05, 0) is 74.4 Å². The molecular weight excluding hydrogens is 670 g/mol. The summed E-state index contributed by atoms with van der Waals surface area (Å²) in [7, 11) is 1.61. The molecule has 3 aromatic carbocycles. The number of benzene rings is 3. The molecule has 3 heterocycles. The molecule has 52 heavy (non-hydrogen) atoms. The van der Waals surface area contributed by atoms with Crippen LogP contribution in [0.5, 0.6) is 5.75 Å². The molecule has 0 saturated carbocycles. The molecule has 6 rings (SSSR count). The van der Waals surface area contributed by atoms with Crippen LogP contribution in [-0.2, 0) is 10.3 Å². The van der Waals surface area contributed by atoms with Gasteiger partial charge in [-0.1, -0.05) is 13.0 Å². The van der Waals surface area contributed by atoms with Crippen molar-refractivity contribution in [1.82, 2.24) is 15.4 Å². The predicted octanol–water partition coefficient (Wildman–Crippen LogP) is 5.04. The minimum Gasteiger partial charge on any atom is -0.493 e. The first-order chi connectivity index (χ1) is 25.1. The van der Waals surface area contributed by atoms with Crippen LogP contribution in [0.3, 0.4) is 0 Å². The molecule has 3 aliphatic rings. The second-order valence-corrected chi connectivity index (χ2v) is 13.5. The molecule has 4 atom stereocenters. The molecule has 2 N–H and O–H groups in total. The third-order valence-electron chi connectivity index (χ3n) is 10.1. The Kier molecular flexibility index (Phi) is 11.6. The highest BCUT2D eigenvalue weighted by Gasteiger charge is 2.45. The van der Waals surface area contributed by atoms with E-state index in [2.05, 4.69) is 56.3 Å². The van der Waals surface area contributed by atoms with Crippen LogP contribution in [0.4, 0.5) is 30.6 Å². The number of aliphatic imine (C=N–C) groups is 1. The van der Waals surface area contributed by atoms with E-state index < -0.39 is 23.3 Å². The van der Waals surface area contributed by atoms with Crippen molar-refractivity contribution >= 4 is 36.1 Å². The van der Waals surface area contributed by atoms with Crippen molar-refractivity contribution < 1.29 is 28.2 Å². The van der Waals surface area contributed by atoms with Gasteiger partial charge >= 0.3 is 6.03 Å². The number of halogens is 2. The number of hydrogen-bond acceptors (Lipinski definition) is 9. The monoisotopic (exact) mass is 718 g/mol. The number of anilines is 3. The quantitative estimate of drug-likeness (QED) is 0.136. The zero-order valence-electron chi connectivity index (χ0n) is 30.0. The number of nitrogens with zero attached hydrogens (tertiary/aromatic N) is 7. The van der Waals surface area contributed by atoms with Crippen LogP contribution in [0, 0.1) is 17.6 Å². The maximum atomic E-state index is 15.0. The van der Waals surface area contributed by atoms with E-state index in [9.17, 15) is 14.3 Å². The fourth-order valence-electron chi connectivity index (χ4n) is 7.38. The van der Waals surface area contributed by atoms with Crippen LogP contribution >= 0.6 is 0 Å². The van der Waals surface area contributed by atoms with Crippen molar-refractivity contribution in [3.8, 4) is 5.75 Å². The minimum atomic E-state index is -1.08. The van der Waals surface area contributed by atoms with E-state index >= 15 is 4.39 Å². The van der Waals surface area contributed by atoms with E-state index in [0.717, 1.165) is 55.1 Å². The van der Waals surface area contributed by atoms with Crippen LogP contribution in [0.25, 0.3) is 0 Å². The summed E-state index contributed by atoms with van der Waals surface area (Å²) < 4.78 is 41.2. The lowest BCUT2D eigenvalue weighted by Crippen LogP contribution is -2.48. The van der Waals surface area contributed by atoms with Crippen LogP contribution in [-0.4, -0.2) is 106 Å². The fraction of sp³-hybridized carbons (Fsp3) is 0.447. The summed E-state index contributed by atoms with van der Waals surface area (Å²) in [4.78, 5) is 23.4. The first-order valence-corrected chi connectivity index (χ1v) is 17.7. The number of carbonyl (C=O) groups excluding carboxylic acids is 1. The predicted molar refractivity (Wildman–Crippen MR) is 199 cm³/mol. The van der Waals surface area contributed by atoms with Crippen LogP contribution < -0.4 is 24.9 Å². The number of piperazine rings is 1. The number of hydrazine groups is 1. The number of hydrazone groups is 1. The Morgan fingerprint density at radius 3 is 2.27 bits per heavy atom. The van der Waals surface area contributed by atoms with Gasteiger partial charge in [-0.2, -0.15) is 5.10 Å². The molecule has 0 radical (unpaired) electrons. The number of aliphatic hydroxyl groups excluding tert-OH is 1. The third kappa shape index (κ3) is 7.98. The largest absolute Gasteiger partial charge is 0.493 e. The second kappa shape index (κ2) is 16.3. The van der Waals surface area contributed by atoms with Crippen molar-refractivity contribution in [2.75, 3.05) is 74.4 Å². The summed E-state index contributed by atoms with van der Waals surface area (Å²) in [6, 6.07) is 19.2. The van der Waals surface area contributed by atoms with Gasteiger partial charge in [-0.15, -0.1) is 0 Å². The van der Waals surface area contributed by atoms with Crippen molar-refractivity contribution in [2.24, 2.45) is 16.0 Å². The average molecular weight is 719 g/mol. The molecule has 0 unspecified atom stereocenters. The smallest absolute Gasteiger partial charge is 0.340 e. The minimum absolute atomic E-state index is 0.0396. The van der Waals surface area contributed by atoms with E-state index in [-0.39, 0.29) is 30.1 Å². The van der Waals surface area contributed by atoms with E-state index in [4.69, 9.17) is 9.47 Å². The van der Waals surface area contributed by atoms with Crippen molar-refractivity contribution in [1.29, 1.82) is 0 Å². The van der Waals surface area contributed by atoms with E-state index in [0.29, 0.717) is 32.7 Å². The maximum Gasteiger partial charge on any atom is 0.340 e. The van der Waals surface area contributed by atoms with Gasteiger partial charge in [0.15, 0.2) is 0 Å². The number of aliphatic hydroxyl groups is 1. The average Bonchev–Trinajstić information content (AvgIpc) is 3.74. The number of carbonyl (C=O) groups is 1. The number of hydrogen-bond donors (Lipinski definition) is 2. The van der Waals surface area contributed by atoms with Crippen molar-refractivity contribution in [2.45, 2.75) is 44.4 Å². The second-order valence-electron chi connectivity index (χ2n) is 13.5. The normalized spacial score (nSPS) is 22.0. The highest BCUT2D eigenvalue weighted by atomic mass is 19.1. The van der Waals surface area contributed by atoms with Crippen LogP contribution in [0.15, 0.2) is 76.8 Å². The van der Waals surface area contributed by atoms with E-state index in [1.54, 1.807) is 18.9 Å². The first kappa shape index (κ1) is 37.0. The van der Waals surface area contributed by atoms with Crippen molar-refractivity contribution in [3.05, 3.63) is 83.9 Å². The Balaban J connectivity index is 1.00. The van der Waals surface area contributed by atoms with Crippen molar-refractivity contribution in [3.63, 3.8) is 0 Å². The highest BCUT2D eigenvalue weighted by Crippen LogP contribution is 2.41. The molecule has 3 aliphatic heterocycles. The standard InChI is InChI=1S/C38H48F2N8O4/c1-5-36(27(2)49)48-37(50)47(26-43-48)32-9-7-30(8-10-32)44-16-18-45(19-17-44)31-11-13-33(14-12-31)51-22-28-21-38(52-23-28,24-46(42-4)25-41-3)34-15-6-29(39)20-35(34)40/h6-15,20,25,27-28,36,43,49H,4-5,16-19,21-24,26H2,1-3H3/t27-,28+,36-,38-/m0/s1. The summed E-state index contributed by atoms with van der Waals surface area (Å²) in [5, 5.41) is 17.1. The Morgan fingerprint density at radius 1 is 1.06 bits per heavy atom. The molecule has 0 aliphatic carbocycles. The molecule has 3 saturated heterocycles. The van der Waals surface area contributed by atoms with Crippen LogP contribution in [0.1, 0.15) is 32.3 Å². The summed E-state index contributed by atoms with van der Waals surface area (Å²) in [5.41, 5.74) is 5.33. The number of urea groups is 1. The molecule has 3 aromatic rings. The zero-order valence-corrected chi connectivity index (χ0v) is 30.0. The van der Waals surface area contributed by atoms with Gasteiger partial charge in [0.25, 0.3) is 0 Å². The summed E-state index contributed by atoms with van der Waals surface area (Å²) in [6.07, 6.45) is 1.97. The van der Waals surface area contributed by atoms with Gasteiger partial charge in [0, 0.05) is 74.6 Å². The lowest BCUT2D eigenvalue weighted by Gasteiger charge is -2.37. The SMILES string of the molecule is C=NN(C=NC)C[C@]1(c2ccc(F)cc2F)C[C@H](COc2ccc(N3CCN(c4ccc(N5CNN([C@@H](CC)[C@H](C)O)C5=O)cc4)CC3)cc2)CO1. The Morgan fingerprint density at radius 2 is 1.69 bits per heavy atom. The zero-order chi connectivity index (χ0) is 36.8. The van der Waals surface area contributed by atoms with Gasteiger partial charge in [0.2, 0.25) is 0 Å². The summed E-state index contributed by atoms with van der Waals surface area (Å²) >= 11 is 0. The number of ether oxygens (including phenoxy) is 2. The summed E-state index contributed by atoms with van der Waals surface area (Å²) in [6.45, 7) is 11.9. The third-order valence-corrected chi connectivity index (χ3v) is 10.1. The highest BCUT2D eigenvalue weighted by molar-refractivity contribution is 5.93. The fourth-order valence-corrected chi connectivity index (χ4v) is 7.38. The molecule has 0 spiro atoms. The molecule has 0 aromatic heterocycles. The molecule has 278 valence electrons. The molecule has 0 bridgehead atoms. The van der Waals surface area contributed by atoms with Gasteiger partial charge in [0.1, 0.15) is 29.3 Å². The molecule has 14 heteroatoms. The van der Waals surface area contributed by atoms with Gasteiger partial charge in [-0.3, -0.25) is 19.9 Å². The maximum absolute atomic E-state index is 15.0. The Bertz CT molecular complexity index is 1700. The van der Waals surface area contributed by atoms with Crippen LogP contribution in [0.2, 0.25) is 0 Å². The van der Waals surface area contributed by atoms with E-state index in [1.165, 1.54) is 28.5 Å².